The molecule has 1 aromatic rings. The maximum atomic E-state index is 13.6. The molecule has 53 heavy (non-hydrogen) atoms. The number of carbonyl (C=O) groups excluding carboxylic acids is 8. The zero-order valence-corrected chi connectivity index (χ0v) is 31.4. The lowest BCUT2D eigenvalue weighted by Gasteiger charge is -2.32. The van der Waals surface area contributed by atoms with E-state index in [0.717, 1.165) is 9.80 Å². The number of nitrogens with two attached hydrogens (primary N) is 2. The van der Waals surface area contributed by atoms with Gasteiger partial charge in [-0.15, -0.1) is 0 Å². The first-order chi connectivity index (χ1) is 24.9. The highest BCUT2D eigenvalue weighted by Gasteiger charge is 2.33. The van der Waals surface area contributed by atoms with Crippen LogP contribution in [0.25, 0.3) is 0 Å². The van der Waals surface area contributed by atoms with Crippen molar-refractivity contribution < 1.29 is 43.1 Å². The minimum Gasteiger partial charge on any atom is -0.445 e. The van der Waals surface area contributed by atoms with E-state index in [1.807, 2.05) is 0 Å². The molecule has 0 aromatic heterocycles. The van der Waals surface area contributed by atoms with Crippen LogP contribution in [0, 0.1) is 11.8 Å². The highest BCUT2D eigenvalue weighted by Crippen LogP contribution is 2.17. The summed E-state index contributed by atoms with van der Waals surface area (Å²) in [6, 6.07) is 2.97. The largest absolute Gasteiger partial charge is 0.445 e. The van der Waals surface area contributed by atoms with Gasteiger partial charge in [0.25, 0.3) is 11.8 Å². The molecule has 17 heteroatoms. The number of hydrogen-bond acceptors (Lipinski definition) is 9. The average Bonchev–Trinajstić information content (AvgIpc) is 3.40. The first-order valence-corrected chi connectivity index (χ1v) is 17.7. The van der Waals surface area contributed by atoms with Crippen LogP contribution in [0.1, 0.15) is 71.8 Å². The number of benzene rings is 1. The fraction of sp³-hybridized carbons (Fsp3) is 0.556. The number of amides is 9. The molecule has 2 rings (SSSR count). The Bertz CT molecular complexity index is 1490. The van der Waals surface area contributed by atoms with Crippen molar-refractivity contribution in [3.05, 3.63) is 42.0 Å². The highest BCUT2D eigenvalue weighted by atomic mass is 16.6. The third kappa shape index (κ3) is 13.9. The second-order valence-electron chi connectivity index (χ2n) is 13.6. The zero-order valence-electron chi connectivity index (χ0n) is 31.4. The smallest absolute Gasteiger partial charge is 0.410 e. The van der Waals surface area contributed by atoms with E-state index < -0.39 is 48.0 Å². The normalized spacial score (nSPS) is 14.1. The zero-order chi connectivity index (χ0) is 39.8. The molecule has 1 aliphatic heterocycles. The topological polar surface area (TPSA) is 244 Å². The third-order valence-corrected chi connectivity index (χ3v) is 8.70. The molecule has 0 fully saturated rings. The molecule has 1 unspecified atom stereocenters. The number of unbranched alkanes of at least 4 members (excludes halogenated alkanes) is 2. The summed E-state index contributed by atoms with van der Waals surface area (Å²) in [6.07, 6.45) is 3.94. The molecular formula is C36H54N8O9. The van der Waals surface area contributed by atoms with Gasteiger partial charge in [-0.25, -0.2) is 9.59 Å². The van der Waals surface area contributed by atoms with Crippen LogP contribution in [-0.4, -0.2) is 108 Å². The number of ether oxygens (including phenoxy) is 1. The Balaban J connectivity index is 2.02. The number of imide groups is 1. The molecule has 17 nitrogen and oxygen atoms in total. The van der Waals surface area contributed by atoms with Crippen LogP contribution in [0.2, 0.25) is 0 Å². The van der Waals surface area contributed by atoms with Crippen LogP contribution >= 0.6 is 0 Å². The van der Waals surface area contributed by atoms with Gasteiger partial charge in [0, 0.05) is 51.4 Å². The molecule has 0 bridgehead atoms. The van der Waals surface area contributed by atoms with Crippen molar-refractivity contribution in [2.24, 2.45) is 23.3 Å². The molecule has 1 aromatic carbocycles. The molecular weight excluding hydrogens is 688 g/mol. The number of rotatable bonds is 21. The second kappa shape index (κ2) is 21.1. The van der Waals surface area contributed by atoms with Gasteiger partial charge in [0.1, 0.15) is 24.7 Å². The van der Waals surface area contributed by atoms with Crippen LogP contribution in [-0.2, 0) is 40.1 Å². The van der Waals surface area contributed by atoms with Gasteiger partial charge in [-0.1, -0.05) is 46.2 Å². The Morgan fingerprint density at radius 1 is 0.792 bits per heavy atom. The van der Waals surface area contributed by atoms with E-state index >= 15 is 0 Å². The van der Waals surface area contributed by atoms with Gasteiger partial charge in [0.15, 0.2) is 0 Å². The van der Waals surface area contributed by atoms with Crippen LogP contribution in [0.15, 0.2) is 36.4 Å². The molecule has 0 radical (unpaired) electrons. The Hall–Kier alpha value is -5.48. The Morgan fingerprint density at radius 3 is 1.94 bits per heavy atom. The predicted molar refractivity (Wildman–Crippen MR) is 195 cm³/mol. The number of carbonyl (C=O) groups is 8. The summed E-state index contributed by atoms with van der Waals surface area (Å²) in [5.41, 5.74) is 11.6. The van der Waals surface area contributed by atoms with Crippen LogP contribution in [0.3, 0.4) is 0 Å². The summed E-state index contributed by atoms with van der Waals surface area (Å²) in [6.45, 7) is 7.43. The van der Waals surface area contributed by atoms with Gasteiger partial charge in [0.2, 0.25) is 23.6 Å². The van der Waals surface area contributed by atoms with E-state index in [1.165, 1.54) is 31.1 Å². The Morgan fingerprint density at radius 2 is 1.40 bits per heavy atom. The molecule has 292 valence electrons. The third-order valence-electron chi connectivity index (χ3n) is 8.70. The maximum absolute atomic E-state index is 13.6. The molecule has 1 aliphatic rings. The Labute approximate surface area is 310 Å². The number of nitrogens with one attached hydrogen (secondary N) is 3. The summed E-state index contributed by atoms with van der Waals surface area (Å²) in [4.78, 5) is 103. The highest BCUT2D eigenvalue weighted by molar-refractivity contribution is 6.12. The number of anilines is 1. The number of hydrogen-bond donors (Lipinski definition) is 5. The molecule has 3 atom stereocenters. The standard InChI is InChI=1S/C36H54N8O9/c1-22(2)30(32(37)48)43(6)36(52)53-21-24-13-15-25(16-14-24)40-33(49)26(11-10-19-39-35(38)51)41-34(50)31(23(3)4)42(5)27(45)12-8-7-9-20-44-28(46)17-18-29(44)47/h13-18,22-23,26,30-31H,7-12,19-21H2,1-6H3,(H2,37,48)(H,40,49)(H,41,50)(H3,38,39,51)/t26-,30-,31?/m0/s1. The molecule has 0 spiro atoms. The fourth-order valence-electron chi connectivity index (χ4n) is 5.92. The van der Waals surface area contributed by atoms with Gasteiger partial charge in [-0.2, -0.15) is 0 Å². The number of likely N-dealkylation sites (N-methyl/N-ethyl adjacent to an activating group) is 2. The van der Waals surface area contributed by atoms with Crippen molar-refractivity contribution >= 4 is 53.3 Å². The van der Waals surface area contributed by atoms with Crippen molar-refractivity contribution in [2.45, 2.75) is 91.0 Å². The monoisotopic (exact) mass is 742 g/mol. The quantitative estimate of drug-likeness (QED) is 0.0906. The van der Waals surface area contributed by atoms with Crippen LogP contribution in [0.5, 0.6) is 0 Å². The fourth-order valence-corrected chi connectivity index (χ4v) is 5.92. The lowest BCUT2D eigenvalue weighted by Crippen LogP contribution is -2.55. The maximum Gasteiger partial charge on any atom is 0.410 e. The van der Waals surface area contributed by atoms with Crippen molar-refractivity contribution in [1.29, 1.82) is 0 Å². The molecule has 9 amide bonds. The lowest BCUT2D eigenvalue weighted by atomic mass is 10.00. The van der Waals surface area contributed by atoms with E-state index in [4.69, 9.17) is 16.2 Å². The molecule has 0 saturated heterocycles. The van der Waals surface area contributed by atoms with Gasteiger partial charge >= 0.3 is 12.1 Å². The number of primary amides is 2. The van der Waals surface area contributed by atoms with E-state index in [-0.39, 0.29) is 62.1 Å². The first kappa shape index (κ1) is 43.7. The van der Waals surface area contributed by atoms with E-state index in [0.29, 0.717) is 36.9 Å². The van der Waals surface area contributed by atoms with E-state index in [1.54, 1.807) is 52.0 Å². The predicted octanol–water partition coefficient (Wildman–Crippen LogP) is 1.61. The van der Waals surface area contributed by atoms with E-state index in [9.17, 15) is 38.4 Å². The van der Waals surface area contributed by atoms with Crippen molar-refractivity contribution in [3.63, 3.8) is 0 Å². The van der Waals surface area contributed by atoms with Gasteiger partial charge in [-0.3, -0.25) is 38.6 Å². The second-order valence-corrected chi connectivity index (χ2v) is 13.6. The van der Waals surface area contributed by atoms with Crippen molar-refractivity contribution in [2.75, 3.05) is 32.5 Å². The SMILES string of the molecule is CC(C)C(C(=O)N[C@@H](CCCNC(N)=O)C(=O)Nc1ccc(COC(=O)N(C)[C@H](C(N)=O)C(C)C)cc1)N(C)C(=O)CCCCCN1C(=O)C=CC1=O. The van der Waals surface area contributed by atoms with Gasteiger partial charge in [0.05, 0.1) is 0 Å². The van der Waals surface area contributed by atoms with Gasteiger partial charge in [-0.05, 0) is 55.2 Å². The summed E-state index contributed by atoms with van der Waals surface area (Å²) in [7, 11) is 2.96. The average molecular weight is 743 g/mol. The van der Waals surface area contributed by atoms with Crippen molar-refractivity contribution in [3.8, 4) is 0 Å². The molecule has 7 N–H and O–H groups in total. The molecule has 0 aliphatic carbocycles. The van der Waals surface area contributed by atoms with E-state index in [2.05, 4.69) is 16.0 Å². The van der Waals surface area contributed by atoms with Crippen LogP contribution in [0.4, 0.5) is 15.3 Å². The minimum absolute atomic E-state index is 0.103. The summed E-state index contributed by atoms with van der Waals surface area (Å²) in [5, 5.41) is 8.00. The Kier molecular flexibility index (Phi) is 17.4. The van der Waals surface area contributed by atoms with Gasteiger partial charge < -0.3 is 37.1 Å². The number of nitrogens with zero attached hydrogens (tertiary/aromatic N) is 3. The summed E-state index contributed by atoms with van der Waals surface area (Å²) >= 11 is 0. The first-order valence-electron chi connectivity index (χ1n) is 17.7. The molecule has 1 heterocycles. The molecule has 0 saturated carbocycles. The summed E-state index contributed by atoms with van der Waals surface area (Å²) in [5.74, 6) is -3.21. The van der Waals surface area contributed by atoms with Crippen LogP contribution < -0.4 is 27.4 Å². The number of urea groups is 1. The minimum atomic E-state index is -1.04. The lowest BCUT2D eigenvalue weighted by molar-refractivity contribution is -0.141. The van der Waals surface area contributed by atoms with Crippen molar-refractivity contribution in [1.82, 2.24) is 25.3 Å². The summed E-state index contributed by atoms with van der Waals surface area (Å²) < 4.78 is 5.33.